The minimum Gasteiger partial charge on any atom is -0.395 e. The molecule has 0 atom stereocenters. The van der Waals surface area contributed by atoms with E-state index >= 15 is 0 Å². The number of carbonyl (C=O) groups is 1. The van der Waals surface area contributed by atoms with Crippen LogP contribution in [0.2, 0.25) is 0 Å². The number of primary amides is 1. The molecule has 2 aliphatic heterocycles. The number of aryl methyl sites for hydroxylation is 1. The van der Waals surface area contributed by atoms with Crippen molar-refractivity contribution >= 4 is 27.4 Å². The number of amides is 1. The second-order valence-corrected chi connectivity index (χ2v) is 12.8. The monoisotopic (exact) mass is 549 g/mol. The molecule has 1 aromatic heterocycles. The zero-order valence-electron chi connectivity index (χ0n) is 21.4. The van der Waals surface area contributed by atoms with Crippen LogP contribution in [-0.2, 0) is 9.84 Å². The first kappa shape index (κ1) is 26.7. The lowest BCUT2D eigenvalue weighted by molar-refractivity contribution is -0.0222. The van der Waals surface area contributed by atoms with Crippen molar-refractivity contribution in [1.82, 2.24) is 9.97 Å². The van der Waals surface area contributed by atoms with Crippen LogP contribution in [0.3, 0.4) is 0 Å². The molecule has 1 aromatic carbocycles. The van der Waals surface area contributed by atoms with E-state index in [2.05, 4.69) is 9.97 Å². The molecule has 2 aromatic rings. The minimum atomic E-state index is -3.97. The van der Waals surface area contributed by atoms with Gasteiger partial charge in [-0.25, -0.2) is 27.2 Å². The second-order valence-electron chi connectivity index (χ2n) is 10.8. The van der Waals surface area contributed by atoms with Crippen molar-refractivity contribution in [2.75, 3.05) is 48.3 Å². The molecule has 9 nitrogen and oxygen atoms in total. The Morgan fingerprint density at radius 1 is 1.03 bits per heavy atom. The smallest absolute Gasteiger partial charge is 0.251 e. The number of aliphatic hydroxyl groups is 1. The van der Waals surface area contributed by atoms with Gasteiger partial charge in [-0.05, 0) is 56.2 Å². The molecule has 1 aliphatic carbocycles. The van der Waals surface area contributed by atoms with E-state index < -0.39 is 34.0 Å². The highest BCUT2D eigenvalue weighted by atomic mass is 32.2. The van der Waals surface area contributed by atoms with Crippen LogP contribution in [0, 0.1) is 12.3 Å². The molecule has 1 spiro atoms. The molecule has 3 aliphatic rings. The molecule has 12 heteroatoms. The summed E-state index contributed by atoms with van der Waals surface area (Å²) in [5.41, 5.74) is 7.74. The molecule has 1 amide bonds. The number of rotatable bonds is 7. The molecular formula is C26H33F2N5O4S. The van der Waals surface area contributed by atoms with E-state index in [1.54, 1.807) is 17.9 Å². The lowest BCUT2D eigenvalue weighted by Crippen LogP contribution is -2.40. The van der Waals surface area contributed by atoms with E-state index in [1.165, 1.54) is 25.0 Å². The van der Waals surface area contributed by atoms with E-state index in [4.69, 9.17) is 5.73 Å². The molecule has 2 saturated heterocycles. The first-order valence-corrected chi connectivity index (χ1v) is 14.6. The van der Waals surface area contributed by atoms with Gasteiger partial charge < -0.3 is 20.6 Å². The van der Waals surface area contributed by atoms with Gasteiger partial charge in [0.25, 0.3) is 11.8 Å². The summed E-state index contributed by atoms with van der Waals surface area (Å²) in [4.78, 5) is 25.4. The Hall–Kier alpha value is -2.86. The van der Waals surface area contributed by atoms with Gasteiger partial charge >= 0.3 is 0 Å². The number of halogens is 2. The van der Waals surface area contributed by atoms with E-state index in [0.717, 1.165) is 12.8 Å². The van der Waals surface area contributed by atoms with E-state index in [9.17, 15) is 27.1 Å². The number of aromatic nitrogens is 2. The van der Waals surface area contributed by atoms with Crippen LogP contribution in [0.15, 0.2) is 23.1 Å². The Bertz CT molecular complexity index is 1340. The van der Waals surface area contributed by atoms with Crippen molar-refractivity contribution in [1.29, 1.82) is 0 Å². The number of carbonyl (C=O) groups excluding carboxylic acids is 1. The Morgan fingerprint density at radius 3 is 2.24 bits per heavy atom. The molecule has 3 fully saturated rings. The zero-order valence-corrected chi connectivity index (χ0v) is 22.2. The third-order valence-electron chi connectivity index (χ3n) is 8.07. The van der Waals surface area contributed by atoms with Gasteiger partial charge in [-0.1, -0.05) is 0 Å². The Morgan fingerprint density at radius 2 is 1.66 bits per heavy atom. The lowest BCUT2D eigenvalue weighted by atomic mass is 9.91. The average molecular weight is 550 g/mol. The number of sulfone groups is 1. The molecule has 0 bridgehead atoms. The fourth-order valence-electron chi connectivity index (χ4n) is 5.57. The van der Waals surface area contributed by atoms with Crippen LogP contribution >= 0.6 is 0 Å². The predicted octanol–water partition coefficient (Wildman–Crippen LogP) is 2.93. The number of piperidine rings is 2. The molecule has 3 N–H and O–H groups in total. The quantitative estimate of drug-likeness (QED) is 0.539. The molecule has 1 saturated carbocycles. The number of alkyl halides is 2. The van der Waals surface area contributed by atoms with Gasteiger partial charge in [-0.3, -0.25) is 4.79 Å². The van der Waals surface area contributed by atoms with Crippen LogP contribution < -0.4 is 15.5 Å². The maximum atomic E-state index is 13.8. The van der Waals surface area contributed by atoms with Gasteiger partial charge in [-0.2, -0.15) is 0 Å². The minimum absolute atomic E-state index is 0.0625. The first-order valence-electron chi connectivity index (χ1n) is 13.0. The maximum absolute atomic E-state index is 13.8. The number of benzene rings is 1. The normalized spacial score (nSPS) is 20.5. The maximum Gasteiger partial charge on any atom is 0.251 e. The van der Waals surface area contributed by atoms with Crippen LogP contribution in [0.25, 0.3) is 11.3 Å². The fourth-order valence-corrected chi connectivity index (χ4v) is 6.82. The zero-order chi connectivity index (χ0) is 27.3. The second kappa shape index (κ2) is 9.71. The van der Waals surface area contributed by atoms with Gasteiger partial charge in [0.15, 0.2) is 9.84 Å². The molecule has 5 rings (SSSR count). The summed E-state index contributed by atoms with van der Waals surface area (Å²) in [6, 6.07) is 4.40. The Balaban J connectivity index is 1.69. The summed E-state index contributed by atoms with van der Waals surface area (Å²) < 4.78 is 54.3. The molecule has 38 heavy (non-hydrogen) atoms. The van der Waals surface area contributed by atoms with E-state index in [1.807, 2.05) is 4.90 Å². The standard InChI is InChI=1S/C26H33F2N5O4S/c1-17-16-19(31-24(30-17)33-12-8-26(27,28)9-13-33)21-20(38(36,37)15-14-34)3-2-18(23(29)35)22(21)32-10-6-25(4-5-25)7-11-32/h2-3,16,34H,4-15H2,1H3,(H2,29,35). The van der Waals surface area contributed by atoms with Gasteiger partial charge in [0.1, 0.15) is 0 Å². The highest BCUT2D eigenvalue weighted by molar-refractivity contribution is 7.91. The SMILES string of the molecule is Cc1cc(-c2c(S(=O)(=O)CCO)ccc(C(N)=O)c2N2CCC3(CC2)CC3)nc(N2CCC(F)(F)CC2)n1. The highest BCUT2D eigenvalue weighted by Crippen LogP contribution is 2.54. The number of nitrogens with zero attached hydrogens (tertiary/aromatic N) is 4. The van der Waals surface area contributed by atoms with Crippen molar-refractivity contribution in [2.24, 2.45) is 11.1 Å². The van der Waals surface area contributed by atoms with Crippen molar-refractivity contribution in [2.45, 2.75) is 56.3 Å². The van der Waals surface area contributed by atoms with Crippen LogP contribution in [0.4, 0.5) is 20.4 Å². The number of hydrogen-bond donors (Lipinski definition) is 2. The molecule has 3 heterocycles. The highest BCUT2D eigenvalue weighted by Gasteiger charge is 2.45. The van der Waals surface area contributed by atoms with Gasteiger partial charge in [0, 0.05) is 50.3 Å². The first-order chi connectivity index (χ1) is 17.9. The lowest BCUT2D eigenvalue weighted by Gasteiger charge is -2.36. The largest absolute Gasteiger partial charge is 0.395 e. The number of aliphatic hydroxyl groups excluding tert-OH is 1. The van der Waals surface area contributed by atoms with E-state index in [0.29, 0.717) is 29.9 Å². The summed E-state index contributed by atoms with van der Waals surface area (Å²) in [5.74, 6) is -3.71. The third-order valence-corrected chi connectivity index (χ3v) is 9.80. The van der Waals surface area contributed by atoms with Crippen molar-refractivity contribution in [3.63, 3.8) is 0 Å². The molecular weight excluding hydrogens is 516 g/mol. The van der Waals surface area contributed by atoms with Crippen molar-refractivity contribution < 1.29 is 27.1 Å². The summed E-state index contributed by atoms with van der Waals surface area (Å²) in [7, 11) is -3.97. The predicted molar refractivity (Wildman–Crippen MR) is 139 cm³/mol. The average Bonchev–Trinajstić information content (AvgIpc) is 3.61. The summed E-state index contributed by atoms with van der Waals surface area (Å²) in [6.45, 7) is 2.55. The van der Waals surface area contributed by atoms with E-state index in [-0.39, 0.29) is 53.6 Å². The topological polar surface area (TPSA) is 130 Å². The van der Waals surface area contributed by atoms with Gasteiger partial charge in [0.2, 0.25) is 5.95 Å². The Labute approximate surface area is 221 Å². The number of hydrogen-bond acceptors (Lipinski definition) is 8. The van der Waals surface area contributed by atoms with Crippen LogP contribution in [0.5, 0.6) is 0 Å². The summed E-state index contributed by atoms with van der Waals surface area (Å²) >= 11 is 0. The van der Waals surface area contributed by atoms with Gasteiger partial charge in [-0.15, -0.1) is 0 Å². The molecule has 0 unspecified atom stereocenters. The van der Waals surface area contributed by atoms with Crippen molar-refractivity contribution in [3.05, 3.63) is 29.5 Å². The Kier molecular flexibility index (Phi) is 6.83. The van der Waals surface area contributed by atoms with Crippen LogP contribution in [-0.4, -0.2) is 73.9 Å². The number of anilines is 2. The third kappa shape index (κ3) is 5.20. The van der Waals surface area contributed by atoms with Gasteiger partial charge in [0.05, 0.1) is 34.2 Å². The van der Waals surface area contributed by atoms with Crippen LogP contribution in [0.1, 0.15) is 54.6 Å². The summed E-state index contributed by atoms with van der Waals surface area (Å²) in [6.07, 6.45) is 3.54. The van der Waals surface area contributed by atoms with Crippen molar-refractivity contribution in [3.8, 4) is 11.3 Å². The fraction of sp³-hybridized carbons (Fsp3) is 0.577. The number of nitrogens with two attached hydrogens (primary N) is 1. The molecule has 0 radical (unpaired) electrons. The summed E-state index contributed by atoms with van der Waals surface area (Å²) in [5, 5.41) is 9.49. The molecule has 206 valence electrons.